The molecule has 0 spiro atoms. The molecule has 0 radical (unpaired) electrons. The van der Waals surface area contributed by atoms with Crippen LogP contribution in [-0.2, 0) is 16.0 Å². The fourth-order valence-electron chi connectivity index (χ4n) is 4.03. The van der Waals surface area contributed by atoms with Crippen molar-refractivity contribution in [2.75, 3.05) is 13.1 Å². The van der Waals surface area contributed by atoms with E-state index in [0.29, 0.717) is 42.3 Å². The van der Waals surface area contributed by atoms with E-state index in [1.54, 1.807) is 6.07 Å². The summed E-state index contributed by atoms with van der Waals surface area (Å²) in [5.41, 5.74) is 1.26. The maximum Gasteiger partial charge on any atom is 0.328 e. The smallest absolute Gasteiger partial charge is 0.328 e. The number of rotatable bonds is 10. The van der Waals surface area contributed by atoms with Crippen molar-refractivity contribution in [1.82, 2.24) is 16.0 Å². The fraction of sp³-hybridized carbons (Fsp3) is 0.400. The van der Waals surface area contributed by atoms with Gasteiger partial charge in [-0.05, 0) is 67.1 Å². The second-order valence-electron chi connectivity index (χ2n) is 8.96. The Hall–Kier alpha value is -2.36. The largest absolute Gasteiger partial charge is 0.480 e. The third-order valence-electron chi connectivity index (χ3n) is 6.02. The lowest BCUT2D eigenvalue weighted by atomic mass is 10.00. The molecule has 1 aliphatic heterocycles. The second-order valence-corrected chi connectivity index (χ2v) is 10.2. The zero-order valence-electron chi connectivity index (χ0n) is 19.6. The molecule has 0 aromatic heterocycles. The monoisotopic (exact) mass is 555 g/mol. The molecule has 1 fully saturated rings. The number of hydrogen-bond acceptors (Lipinski definition) is 5. The number of carboxylic acid groups (broad SMARTS) is 1. The van der Waals surface area contributed by atoms with Crippen molar-refractivity contribution in [1.29, 1.82) is 0 Å². The second kappa shape index (κ2) is 12.7. The highest BCUT2D eigenvalue weighted by Gasteiger charge is 2.29. The summed E-state index contributed by atoms with van der Waals surface area (Å²) in [6.45, 7) is 2.42. The van der Waals surface area contributed by atoms with Crippen LogP contribution in [0.1, 0.15) is 47.4 Å². The summed E-state index contributed by atoms with van der Waals surface area (Å²) in [5.74, 6) is -2.11. The highest BCUT2D eigenvalue weighted by atomic mass is 35.5. The van der Waals surface area contributed by atoms with E-state index < -0.39 is 30.1 Å². The first kappa shape index (κ1) is 28.2. The van der Waals surface area contributed by atoms with Crippen molar-refractivity contribution >= 4 is 52.6 Å². The van der Waals surface area contributed by atoms with E-state index in [2.05, 4.69) is 16.0 Å². The number of carbonyl (C=O) groups excluding carboxylic acids is 2. The van der Waals surface area contributed by atoms with Gasteiger partial charge >= 0.3 is 5.97 Å². The molecule has 3 rings (SSSR count). The van der Waals surface area contributed by atoms with Gasteiger partial charge in [0.15, 0.2) is 0 Å². The molecule has 1 saturated heterocycles. The molecule has 2 aromatic carbocycles. The Morgan fingerprint density at radius 2 is 1.83 bits per heavy atom. The van der Waals surface area contributed by atoms with Gasteiger partial charge in [-0.3, -0.25) is 9.59 Å². The van der Waals surface area contributed by atoms with Gasteiger partial charge in [0.2, 0.25) is 5.91 Å². The van der Waals surface area contributed by atoms with Crippen molar-refractivity contribution in [3.63, 3.8) is 0 Å². The van der Waals surface area contributed by atoms with Gasteiger partial charge in [-0.25, -0.2) is 4.79 Å². The molecule has 5 N–H and O–H groups in total. The quantitative estimate of drug-likeness (QED) is 0.304. The normalized spacial score (nSPS) is 18.9. The van der Waals surface area contributed by atoms with E-state index >= 15 is 0 Å². The van der Waals surface area contributed by atoms with Gasteiger partial charge in [0.25, 0.3) is 5.91 Å². The number of carboxylic acids is 1. The van der Waals surface area contributed by atoms with Gasteiger partial charge in [0, 0.05) is 11.6 Å². The highest BCUT2D eigenvalue weighted by Crippen LogP contribution is 2.31. The van der Waals surface area contributed by atoms with Crippen molar-refractivity contribution < 1.29 is 24.6 Å². The number of aryl methyl sites for hydroxylation is 1. The van der Waals surface area contributed by atoms with Crippen molar-refractivity contribution in [2.24, 2.45) is 5.92 Å². The number of aliphatic carboxylic acids is 1. The Labute approximate surface area is 224 Å². The molecule has 0 bridgehead atoms. The zero-order valence-corrected chi connectivity index (χ0v) is 21.8. The third kappa shape index (κ3) is 7.57. The van der Waals surface area contributed by atoms with E-state index in [1.165, 1.54) is 12.1 Å². The molecule has 2 aromatic rings. The SMILES string of the molecule is C[C@H]1CN[C@@H](C(=O)NC[C@H](NC(=O)c2c(Cl)cc(C(O)CCc3cccc(Cl)c3)cc2Cl)C(=O)O)C1. The maximum absolute atomic E-state index is 12.8. The molecule has 11 heteroatoms. The van der Waals surface area contributed by atoms with Gasteiger partial charge in [0.1, 0.15) is 6.04 Å². The number of halogens is 3. The highest BCUT2D eigenvalue weighted by molar-refractivity contribution is 6.39. The van der Waals surface area contributed by atoms with Gasteiger partial charge < -0.3 is 26.2 Å². The van der Waals surface area contributed by atoms with Crippen LogP contribution < -0.4 is 16.0 Å². The van der Waals surface area contributed by atoms with Gasteiger partial charge in [-0.2, -0.15) is 0 Å². The average molecular weight is 557 g/mol. The molecule has 2 amide bonds. The summed E-state index contributed by atoms with van der Waals surface area (Å²) < 4.78 is 0. The van der Waals surface area contributed by atoms with Crippen LogP contribution in [0.25, 0.3) is 0 Å². The summed E-state index contributed by atoms with van der Waals surface area (Å²) in [6.07, 6.45) is 0.678. The lowest BCUT2D eigenvalue weighted by Crippen LogP contribution is -2.51. The Bertz CT molecular complexity index is 1110. The topological polar surface area (TPSA) is 128 Å². The number of carbonyl (C=O) groups is 3. The van der Waals surface area contributed by atoms with E-state index in [0.717, 1.165) is 5.56 Å². The van der Waals surface area contributed by atoms with Crippen LogP contribution >= 0.6 is 34.8 Å². The van der Waals surface area contributed by atoms with Gasteiger partial charge in [-0.15, -0.1) is 0 Å². The number of hydrogen-bond donors (Lipinski definition) is 5. The standard InChI is InChI=1S/C25H28Cl3N3O5/c1-13-7-19(29-11-13)23(33)30-12-20(25(35)36)31-24(34)22-17(27)9-15(10-18(22)28)21(32)6-5-14-3-2-4-16(26)8-14/h2-4,8-10,13,19-21,29,32H,5-7,11-12H2,1H3,(H,30,33)(H,31,34)(H,35,36)/t13-,19-,20+,21?/m1/s1. The van der Waals surface area contributed by atoms with Crippen LogP contribution in [0.5, 0.6) is 0 Å². The van der Waals surface area contributed by atoms with Crippen molar-refractivity contribution in [2.45, 2.75) is 44.4 Å². The van der Waals surface area contributed by atoms with Gasteiger partial charge in [0.05, 0.1) is 27.8 Å². The fourth-order valence-corrected chi connectivity index (χ4v) is 4.92. The molecule has 1 unspecified atom stereocenters. The third-order valence-corrected chi connectivity index (χ3v) is 6.85. The predicted molar refractivity (Wildman–Crippen MR) is 139 cm³/mol. The summed E-state index contributed by atoms with van der Waals surface area (Å²) in [7, 11) is 0. The lowest BCUT2D eigenvalue weighted by Gasteiger charge is -2.19. The molecule has 0 saturated carbocycles. The molecule has 36 heavy (non-hydrogen) atoms. The summed E-state index contributed by atoms with van der Waals surface area (Å²) in [6, 6.07) is 8.37. The zero-order chi connectivity index (χ0) is 26.4. The van der Waals surface area contributed by atoms with Crippen LogP contribution in [0, 0.1) is 5.92 Å². The van der Waals surface area contributed by atoms with Crippen LogP contribution in [0.2, 0.25) is 15.1 Å². The first-order valence-electron chi connectivity index (χ1n) is 11.5. The first-order chi connectivity index (χ1) is 17.0. The van der Waals surface area contributed by atoms with E-state index in [9.17, 15) is 24.6 Å². The number of amides is 2. The van der Waals surface area contributed by atoms with Crippen LogP contribution in [-0.4, -0.2) is 53.2 Å². The molecule has 194 valence electrons. The molecular formula is C25H28Cl3N3O5. The molecule has 4 atom stereocenters. The summed E-state index contributed by atoms with van der Waals surface area (Å²) >= 11 is 18.6. The average Bonchev–Trinajstić information content (AvgIpc) is 3.25. The minimum Gasteiger partial charge on any atom is -0.480 e. The number of aliphatic hydroxyl groups is 1. The van der Waals surface area contributed by atoms with Crippen LogP contribution in [0.15, 0.2) is 36.4 Å². The summed E-state index contributed by atoms with van der Waals surface area (Å²) in [5, 5.41) is 28.6. The first-order valence-corrected chi connectivity index (χ1v) is 12.6. The van der Waals surface area contributed by atoms with E-state index in [-0.39, 0.29) is 28.1 Å². The van der Waals surface area contributed by atoms with Crippen molar-refractivity contribution in [3.8, 4) is 0 Å². The van der Waals surface area contributed by atoms with Gasteiger partial charge in [-0.1, -0.05) is 53.9 Å². The molecular weight excluding hydrogens is 529 g/mol. The Balaban J connectivity index is 1.63. The minimum absolute atomic E-state index is 0.0332. The number of nitrogens with one attached hydrogen (secondary N) is 3. The predicted octanol–water partition coefficient (Wildman–Crippen LogP) is 3.61. The Morgan fingerprint density at radius 3 is 2.42 bits per heavy atom. The van der Waals surface area contributed by atoms with Crippen LogP contribution in [0.4, 0.5) is 0 Å². The summed E-state index contributed by atoms with van der Waals surface area (Å²) in [4.78, 5) is 36.8. The Morgan fingerprint density at radius 1 is 1.14 bits per heavy atom. The maximum atomic E-state index is 12.8. The molecule has 0 aliphatic carbocycles. The Kier molecular flexibility index (Phi) is 9.99. The number of benzene rings is 2. The lowest BCUT2D eigenvalue weighted by molar-refractivity contribution is -0.139. The molecule has 1 heterocycles. The molecule has 8 nitrogen and oxygen atoms in total. The van der Waals surface area contributed by atoms with E-state index in [1.807, 2.05) is 25.1 Å². The minimum atomic E-state index is -1.39. The van der Waals surface area contributed by atoms with Crippen LogP contribution in [0.3, 0.4) is 0 Å². The molecule has 1 aliphatic rings. The van der Waals surface area contributed by atoms with E-state index in [4.69, 9.17) is 34.8 Å². The number of aliphatic hydroxyl groups excluding tert-OH is 1. The van der Waals surface area contributed by atoms with Crippen molar-refractivity contribution in [3.05, 3.63) is 68.2 Å².